The lowest BCUT2D eigenvalue weighted by Gasteiger charge is -2.14. The Morgan fingerprint density at radius 1 is 1.12 bits per heavy atom. The average Bonchev–Trinajstić information content (AvgIpc) is 3.03. The minimum Gasteiger partial charge on any atom is -0.481 e. The van der Waals surface area contributed by atoms with Gasteiger partial charge in [0, 0.05) is 10.6 Å². The normalized spacial score (nSPS) is 11.8. The number of hydrogen-bond acceptors (Lipinski definition) is 5. The zero-order chi connectivity index (χ0) is 18.7. The van der Waals surface area contributed by atoms with E-state index < -0.39 is 6.10 Å². The summed E-state index contributed by atoms with van der Waals surface area (Å²) in [6.07, 6.45) is -0.654. The third kappa shape index (κ3) is 4.59. The Kier molecular flexibility index (Phi) is 5.54. The van der Waals surface area contributed by atoms with Crippen LogP contribution in [0.1, 0.15) is 18.1 Å². The number of halogens is 1. The Labute approximate surface area is 161 Å². The lowest BCUT2D eigenvalue weighted by molar-refractivity contribution is -0.122. The van der Waals surface area contributed by atoms with Crippen molar-refractivity contribution in [3.8, 4) is 16.3 Å². The summed E-state index contributed by atoms with van der Waals surface area (Å²) in [5, 5.41) is 12.7. The van der Waals surface area contributed by atoms with Crippen LogP contribution in [0.5, 0.6) is 5.75 Å². The molecule has 0 fully saturated rings. The molecule has 1 aromatic heterocycles. The van der Waals surface area contributed by atoms with Crippen LogP contribution in [0.2, 0.25) is 5.02 Å². The van der Waals surface area contributed by atoms with Crippen LogP contribution in [0.3, 0.4) is 0 Å². The third-order valence-corrected chi connectivity index (χ3v) is 4.76. The summed E-state index contributed by atoms with van der Waals surface area (Å²) < 4.78 is 5.74. The Morgan fingerprint density at radius 2 is 1.77 bits per heavy atom. The first kappa shape index (κ1) is 18.4. The summed E-state index contributed by atoms with van der Waals surface area (Å²) in [5.74, 6) is 0.396. The number of amides is 1. The topological polar surface area (TPSA) is 64.1 Å². The minimum atomic E-state index is -0.654. The van der Waals surface area contributed by atoms with Crippen molar-refractivity contribution >= 4 is 34.0 Å². The lowest BCUT2D eigenvalue weighted by atomic mass is 10.1. The quantitative estimate of drug-likeness (QED) is 0.677. The molecule has 1 N–H and O–H groups in total. The van der Waals surface area contributed by atoms with Gasteiger partial charge in [-0.2, -0.15) is 0 Å². The van der Waals surface area contributed by atoms with Crippen molar-refractivity contribution in [3.05, 3.63) is 58.6 Å². The molecule has 1 unspecified atom stereocenters. The fourth-order valence-electron chi connectivity index (χ4n) is 2.45. The lowest BCUT2D eigenvalue weighted by Crippen LogP contribution is -2.30. The van der Waals surface area contributed by atoms with Gasteiger partial charge >= 0.3 is 0 Å². The van der Waals surface area contributed by atoms with Crippen LogP contribution in [-0.4, -0.2) is 22.2 Å². The van der Waals surface area contributed by atoms with Crippen LogP contribution in [0.15, 0.2) is 42.5 Å². The van der Waals surface area contributed by atoms with Gasteiger partial charge in [0.25, 0.3) is 5.91 Å². The highest BCUT2D eigenvalue weighted by atomic mass is 35.5. The molecular formula is C19H18ClN3O2S. The van der Waals surface area contributed by atoms with Gasteiger partial charge in [-0.05, 0) is 56.2 Å². The molecule has 1 amide bonds. The van der Waals surface area contributed by atoms with E-state index in [1.54, 1.807) is 19.1 Å². The molecule has 0 spiro atoms. The van der Waals surface area contributed by atoms with Crippen LogP contribution in [0.4, 0.5) is 5.13 Å². The van der Waals surface area contributed by atoms with E-state index in [2.05, 4.69) is 21.6 Å². The van der Waals surface area contributed by atoms with Crippen molar-refractivity contribution in [2.75, 3.05) is 5.32 Å². The van der Waals surface area contributed by atoms with E-state index in [1.807, 2.05) is 38.1 Å². The zero-order valence-corrected chi connectivity index (χ0v) is 16.2. The predicted molar refractivity (Wildman–Crippen MR) is 105 cm³/mol. The molecule has 5 nitrogen and oxygen atoms in total. The molecule has 134 valence electrons. The number of benzene rings is 2. The predicted octanol–water partition coefficient (Wildman–Crippen LogP) is 4.88. The first-order valence-electron chi connectivity index (χ1n) is 8.06. The Hall–Kier alpha value is -2.44. The largest absolute Gasteiger partial charge is 0.481 e. The van der Waals surface area contributed by atoms with E-state index >= 15 is 0 Å². The molecule has 0 saturated heterocycles. The molecule has 1 heterocycles. The van der Waals surface area contributed by atoms with Gasteiger partial charge in [0.2, 0.25) is 5.13 Å². The number of aryl methyl sites for hydroxylation is 2. The maximum Gasteiger partial charge on any atom is 0.266 e. The average molecular weight is 388 g/mol. The second-order valence-corrected chi connectivity index (χ2v) is 7.41. The van der Waals surface area contributed by atoms with Gasteiger partial charge in [-0.15, -0.1) is 10.2 Å². The molecule has 1 atom stereocenters. The Bertz CT molecular complexity index is 905. The number of carbonyl (C=O) groups is 1. The van der Waals surface area contributed by atoms with Crippen molar-refractivity contribution in [1.82, 2.24) is 10.2 Å². The maximum absolute atomic E-state index is 12.4. The molecule has 0 aliphatic carbocycles. The molecule has 3 rings (SSSR count). The maximum atomic E-state index is 12.4. The first-order valence-corrected chi connectivity index (χ1v) is 9.25. The highest BCUT2D eigenvalue weighted by Crippen LogP contribution is 2.27. The fraction of sp³-hybridized carbons (Fsp3) is 0.211. The Morgan fingerprint density at radius 3 is 2.42 bits per heavy atom. The van der Waals surface area contributed by atoms with Crippen molar-refractivity contribution in [2.24, 2.45) is 0 Å². The van der Waals surface area contributed by atoms with Gasteiger partial charge in [-0.1, -0.05) is 41.1 Å². The molecule has 0 saturated carbocycles. The standard InChI is InChI=1S/C19H18ClN3O2S/c1-11-8-12(2)10-16(9-11)25-13(3)17(24)21-19-23-22-18(26-19)14-4-6-15(20)7-5-14/h4-10,13H,1-3H3,(H,21,23,24). The van der Waals surface area contributed by atoms with Crippen LogP contribution in [0.25, 0.3) is 10.6 Å². The van der Waals surface area contributed by atoms with Crippen LogP contribution in [-0.2, 0) is 4.79 Å². The molecule has 0 aliphatic rings. The van der Waals surface area contributed by atoms with Gasteiger partial charge in [0.1, 0.15) is 10.8 Å². The fourth-order valence-corrected chi connectivity index (χ4v) is 3.33. The number of hydrogen-bond donors (Lipinski definition) is 1. The van der Waals surface area contributed by atoms with Crippen molar-refractivity contribution in [2.45, 2.75) is 26.9 Å². The smallest absolute Gasteiger partial charge is 0.266 e. The van der Waals surface area contributed by atoms with Gasteiger partial charge in [0.05, 0.1) is 0 Å². The molecule has 0 aliphatic heterocycles. The zero-order valence-electron chi connectivity index (χ0n) is 14.6. The minimum absolute atomic E-state index is 0.275. The van der Waals surface area contributed by atoms with Gasteiger partial charge < -0.3 is 4.74 Å². The Balaban J connectivity index is 1.65. The first-order chi connectivity index (χ1) is 12.4. The third-order valence-electron chi connectivity index (χ3n) is 3.62. The van der Waals surface area contributed by atoms with Crippen molar-refractivity contribution in [3.63, 3.8) is 0 Å². The summed E-state index contributed by atoms with van der Waals surface area (Å²) >= 11 is 7.19. The molecule has 3 aromatic rings. The van der Waals surface area contributed by atoms with Crippen molar-refractivity contribution < 1.29 is 9.53 Å². The monoisotopic (exact) mass is 387 g/mol. The van der Waals surface area contributed by atoms with Crippen molar-refractivity contribution in [1.29, 1.82) is 0 Å². The highest BCUT2D eigenvalue weighted by molar-refractivity contribution is 7.18. The highest BCUT2D eigenvalue weighted by Gasteiger charge is 2.17. The van der Waals surface area contributed by atoms with Crippen LogP contribution >= 0.6 is 22.9 Å². The number of nitrogens with zero attached hydrogens (tertiary/aromatic N) is 2. The molecule has 0 radical (unpaired) electrons. The van der Waals surface area contributed by atoms with Gasteiger partial charge in [-0.3, -0.25) is 10.1 Å². The number of anilines is 1. The van der Waals surface area contributed by atoms with Crippen LogP contribution in [0, 0.1) is 13.8 Å². The molecule has 7 heteroatoms. The van der Waals surface area contributed by atoms with E-state index in [-0.39, 0.29) is 5.91 Å². The second kappa shape index (κ2) is 7.85. The second-order valence-electron chi connectivity index (χ2n) is 5.99. The van der Waals surface area contributed by atoms with Gasteiger partial charge in [0.15, 0.2) is 6.10 Å². The SMILES string of the molecule is Cc1cc(C)cc(OC(C)C(=O)Nc2nnc(-c3ccc(Cl)cc3)s2)c1. The van der Waals surface area contributed by atoms with E-state index in [4.69, 9.17) is 16.3 Å². The van der Waals surface area contributed by atoms with E-state index in [0.717, 1.165) is 16.7 Å². The molecule has 2 aromatic carbocycles. The van der Waals surface area contributed by atoms with E-state index in [9.17, 15) is 4.79 Å². The molecular weight excluding hydrogens is 370 g/mol. The molecule has 0 bridgehead atoms. The summed E-state index contributed by atoms with van der Waals surface area (Å²) in [6, 6.07) is 13.2. The summed E-state index contributed by atoms with van der Waals surface area (Å²) in [4.78, 5) is 12.4. The number of rotatable bonds is 5. The number of aromatic nitrogens is 2. The summed E-state index contributed by atoms with van der Waals surface area (Å²) in [6.45, 7) is 5.68. The van der Waals surface area contributed by atoms with E-state index in [1.165, 1.54) is 11.3 Å². The van der Waals surface area contributed by atoms with Crippen LogP contribution < -0.4 is 10.1 Å². The van der Waals surface area contributed by atoms with Gasteiger partial charge in [-0.25, -0.2) is 0 Å². The number of ether oxygens (including phenoxy) is 1. The molecule has 26 heavy (non-hydrogen) atoms. The summed E-state index contributed by atoms with van der Waals surface area (Å²) in [5.41, 5.74) is 3.07. The number of carbonyl (C=O) groups excluding carboxylic acids is 1. The number of nitrogens with one attached hydrogen (secondary N) is 1. The summed E-state index contributed by atoms with van der Waals surface area (Å²) in [7, 11) is 0. The van der Waals surface area contributed by atoms with E-state index in [0.29, 0.717) is 20.9 Å².